The summed E-state index contributed by atoms with van der Waals surface area (Å²) in [6, 6.07) is 7.69. The number of hydrogen-bond acceptors (Lipinski definition) is 3. The van der Waals surface area contributed by atoms with Crippen LogP contribution in [0.3, 0.4) is 0 Å². The average molecular weight is 299 g/mol. The molecule has 4 nitrogen and oxygen atoms in total. The molecular weight excluding hydrogens is 274 g/mol. The number of fused-ring (bicyclic) bond motifs is 1. The van der Waals surface area contributed by atoms with Gasteiger partial charge in [-0.3, -0.25) is 4.79 Å². The zero-order valence-electron chi connectivity index (χ0n) is 13.3. The van der Waals surface area contributed by atoms with Gasteiger partial charge in [0.15, 0.2) is 5.43 Å². The number of rotatable bonds is 6. The summed E-state index contributed by atoms with van der Waals surface area (Å²) in [5.74, 6) is 0. The lowest BCUT2D eigenvalue weighted by Gasteiger charge is -2.14. The Balaban J connectivity index is 1.53. The van der Waals surface area contributed by atoms with Gasteiger partial charge in [-0.05, 0) is 64.5 Å². The lowest BCUT2D eigenvalue weighted by atomic mass is 10.1. The van der Waals surface area contributed by atoms with Gasteiger partial charge in [0.1, 0.15) is 0 Å². The fraction of sp³-hybridized carbons (Fsp3) is 0.500. The molecule has 1 aromatic carbocycles. The van der Waals surface area contributed by atoms with Crippen LogP contribution >= 0.6 is 0 Å². The molecule has 2 N–H and O–H groups in total. The van der Waals surface area contributed by atoms with Crippen LogP contribution < -0.4 is 10.7 Å². The van der Waals surface area contributed by atoms with E-state index in [2.05, 4.69) is 15.2 Å². The normalized spacial score (nSPS) is 15.7. The van der Waals surface area contributed by atoms with Crippen LogP contribution in [0.25, 0.3) is 10.9 Å². The number of H-pyrrole nitrogens is 1. The zero-order chi connectivity index (χ0) is 15.4. The van der Waals surface area contributed by atoms with E-state index >= 15 is 0 Å². The fourth-order valence-corrected chi connectivity index (χ4v) is 3.17. The van der Waals surface area contributed by atoms with Gasteiger partial charge in [0.2, 0.25) is 0 Å². The number of aromatic nitrogens is 1. The van der Waals surface area contributed by atoms with Crippen molar-refractivity contribution in [1.82, 2.24) is 15.2 Å². The number of aryl methyl sites for hydroxylation is 1. The molecule has 4 heteroatoms. The van der Waals surface area contributed by atoms with Gasteiger partial charge in [0, 0.05) is 29.2 Å². The minimum absolute atomic E-state index is 0.103. The molecule has 2 heterocycles. The highest BCUT2D eigenvalue weighted by Gasteiger charge is 2.10. The van der Waals surface area contributed by atoms with Gasteiger partial charge < -0.3 is 15.2 Å². The van der Waals surface area contributed by atoms with E-state index < -0.39 is 0 Å². The van der Waals surface area contributed by atoms with Crippen LogP contribution in [0.2, 0.25) is 0 Å². The van der Waals surface area contributed by atoms with E-state index in [1.54, 1.807) is 6.07 Å². The largest absolute Gasteiger partial charge is 0.357 e. The highest BCUT2D eigenvalue weighted by atomic mass is 16.1. The molecule has 0 saturated carbocycles. The second-order valence-electron chi connectivity index (χ2n) is 6.29. The Bertz CT molecular complexity index is 686. The van der Waals surface area contributed by atoms with Crippen molar-refractivity contribution in [2.24, 2.45) is 0 Å². The minimum Gasteiger partial charge on any atom is -0.357 e. The van der Waals surface area contributed by atoms with Gasteiger partial charge in [-0.25, -0.2) is 0 Å². The summed E-state index contributed by atoms with van der Waals surface area (Å²) >= 11 is 0. The second-order valence-corrected chi connectivity index (χ2v) is 6.29. The molecule has 0 bridgehead atoms. The second kappa shape index (κ2) is 7.07. The Hall–Kier alpha value is -1.65. The van der Waals surface area contributed by atoms with Crippen LogP contribution in [0.1, 0.15) is 30.5 Å². The summed E-state index contributed by atoms with van der Waals surface area (Å²) in [6.45, 7) is 7.42. The molecule has 1 fully saturated rings. The number of likely N-dealkylation sites (tertiary alicyclic amines) is 1. The van der Waals surface area contributed by atoms with E-state index in [1.165, 1.54) is 32.5 Å². The first-order chi connectivity index (χ1) is 10.7. The molecule has 1 aromatic heterocycles. The molecule has 118 valence electrons. The predicted molar refractivity (Wildman–Crippen MR) is 91.3 cm³/mol. The fourth-order valence-electron chi connectivity index (χ4n) is 3.17. The Morgan fingerprint density at radius 3 is 2.86 bits per heavy atom. The van der Waals surface area contributed by atoms with Gasteiger partial charge in [-0.2, -0.15) is 0 Å². The molecular formula is C18H25N3O. The summed E-state index contributed by atoms with van der Waals surface area (Å²) in [5, 5.41) is 4.21. The molecule has 0 spiro atoms. The first kappa shape index (κ1) is 15.3. The molecule has 2 aromatic rings. The maximum absolute atomic E-state index is 12.2. The molecule has 1 aliphatic heterocycles. The Morgan fingerprint density at radius 1 is 1.23 bits per heavy atom. The summed E-state index contributed by atoms with van der Waals surface area (Å²) in [7, 11) is 0. The molecule has 0 atom stereocenters. The topological polar surface area (TPSA) is 48.1 Å². The summed E-state index contributed by atoms with van der Waals surface area (Å²) in [5.41, 5.74) is 3.10. The van der Waals surface area contributed by atoms with E-state index in [9.17, 15) is 4.79 Å². The van der Waals surface area contributed by atoms with Crippen LogP contribution in [0.5, 0.6) is 0 Å². The lowest BCUT2D eigenvalue weighted by Crippen LogP contribution is -2.25. The van der Waals surface area contributed by atoms with Crippen molar-refractivity contribution < 1.29 is 0 Å². The number of nitrogens with zero attached hydrogens (tertiary/aromatic N) is 1. The first-order valence-corrected chi connectivity index (χ1v) is 8.28. The Labute approximate surface area is 131 Å². The SMILES string of the molecule is Cc1ccc2[nH]c(CNCCCN3CCCC3)cc(=O)c2c1. The lowest BCUT2D eigenvalue weighted by molar-refractivity contribution is 0.331. The molecule has 0 unspecified atom stereocenters. The molecule has 3 rings (SSSR count). The molecule has 0 aliphatic carbocycles. The van der Waals surface area contributed by atoms with Crippen molar-refractivity contribution in [3.05, 3.63) is 45.7 Å². The van der Waals surface area contributed by atoms with Gasteiger partial charge in [0.25, 0.3) is 0 Å². The summed E-state index contributed by atoms with van der Waals surface area (Å²) in [6.07, 6.45) is 3.87. The van der Waals surface area contributed by atoms with Crippen LogP contribution in [0.15, 0.2) is 29.1 Å². The monoisotopic (exact) mass is 299 g/mol. The smallest absolute Gasteiger partial charge is 0.189 e. The predicted octanol–water partition coefficient (Wildman–Crippen LogP) is 2.41. The van der Waals surface area contributed by atoms with Crippen molar-refractivity contribution in [3.63, 3.8) is 0 Å². The standard InChI is InChI=1S/C18H25N3O/c1-14-5-6-17-16(11-14)18(22)12-15(20-17)13-19-7-4-10-21-8-2-3-9-21/h5-6,11-12,19H,2-4,7-10,13H2,1H3,(H,20,22). The van der Waals surface area contributed by atoms with Crippen molar-refractivity contribution in [1.29, 1.82) is 0 Å². The van der Waals surface area contributed by atoms with Crippen molar-refractivity contribution in [2.45, 2.75) is 32.7 Å². The highest BCUT2D eigenvalue weighted by molar-refractivity contribution is 5.79. The third-order valence-electron chi connectivity index (χ3n) is 4.38. The van der Waals surface area contributed by atoms with Crippen molar-refractivity contribution >= 4 is 10.9 Å². The maximum atomic E-state index is 12.2. The molecule has 22 heavy (non-hydrogen) atoms. The van der Waals surface area contributed by atoms with E-state index in [0.717, 1.165) is 41.7 Å². The highest BCUT2D eigenvalue weighted by Crippen LogP contribution is 2.10. The first-order valence-electron chi connectivity index (χ1n) is 8.28. The third kappa shape index (κ3) is 3.76. The van der Waals surface area contributed by atoms with E-state index in [4.69, 9.17) is 0 Å². The minimum atomic E-state index is 0.103. The Kier molecular flexibility index (Phi) is 4.90. The van der Waals surface area contributed by atoms with Crippen molar-refractivity contribution in [2.75, 3.05) is 26.2 Å². The van der Waals surface area contributed by atoms with Gasteiger partial charge in [0.05, 0.1) is 0 Å². The third-order valence-corrected chi connectivity index (χ3v) is 4.38. The average Bonchev–Trinajstić information content (AvgIpc) is 3.01. The number of pyridine rings is 1. The number of hydrogen-bond donors (Lipinski definition) is 2. The van der Waals surface area contributed by atoms with E-state index in [1.807, 2.05) is 25.1 Å². The van der Waals surface area contributed by atoms with Crippen LogP contribution in [0.4, 0.5) is 0 Å². The van der Waals surface area contributed by atoms with Gasteiger partial charge in [-0.15, -0.1) is 0 Å². The molecule has 0 radical (unpaired) electrons. The number of aromatic amines is 1. The molecule has 1 aliphatic rings. The molecule has 0 amide bonds. The van der Waals surface area contributed by atoms with Gasteiger partial charge in [-0.1, -0.05) is 11.6 Å². The zero-order valence-corrected chi connectivity index (χ0v) is 13.3. The molecule has 1 saturated heterocycles. The van der Waals surface area contributed by atoms with Crippen LogP contribution in [0, 0.1) is 6.92 Å². The quantitative estimate of drug-likeness (QED) is 0.805. The van der Waals surface area contributed by atoms with Crippen LogP contribution in [-0.4, -0.2) is 36.1 Å². The summed E-state index contributed by atoms with van der Waals surface area (Å²) < 4.78 is 0. The van der Waals surface area contributed by atoms with E-state index in [0.29, 0.717) is 0 Å². The Morgan fingerprint density at radius 2 is 2.05 bits per heavy atom. The summed E-state index contributed by atoms with van der Waals surface area (Å²) in [4.78, 5) is 18.0. The maximum Gasteiger partial charge on any atom is 0.189 e. The van der Waals surface area contributed by atoms with Gasteiger partial charge >= 0.3 is 0 Å². The van der Waals surface area contributed by atoms with E-state index in [-0.39, 0.29) is 5.43 Å². The number of benzene rings is 1. The number of nitrogens with one attached hydrogen (secondary N) is 2. The van der Waals surface area contributed by atoms with Crippen LogP contribution in [-0.2, 0) is 6.54 Å². The van der Waals surface area contributed by atoms with Crippen molar-refractivity contribution in [3.8, 4) is 0 Å².